The second-order valence-corrected chi connectivity index (χ2v) is 23.9. The van der Waals surface area contributed by atoms with E-state index >= 15 is 0 Å². The zero-order chi connectivity index (χ0) is 55.0. The van der Waals surface area contributed by atoms with Crippen LogP contribution in [0, 0.1) is 0 Å². The summed E-state index contributed by atoms with van der Waals surface area (Å²) in [6, 6.07) is -0.623. The Morgan fingerprint density at radius 2 is 0.618 bits per heavy atom. The van der Waals surface area contributed by atoms with E-state index in [2.05, 4.69) is 31.3 Å². The molecule has 0 aromatic carbocycles. The number of ether oxygens (including phenoxy) is 1. The van der Waals surface area contributed by atoms with Gasteiger partial charge in [-0.3, -0.25) is 9.59 Å². The highest BCUT2D eigenvalue weighted by Gasteiger charge is 2.18. The molecule has 0 aromatic heterocycles. The van der Waals surface area contributed by atoms with Gasteiger partial charge in [-0.25, -0.2) is 0 Å². The number of hydrogen-bond acceptors (Lipinski definition) is 5. The monoisotopic (exact) mass is 1070 g/mol. The molecule has 0 fully saturated rings. The third kappa shape index (κ3) is 61.6. The van der Waals surface area contributed by atoms with Gasteiger partial charge in [0, 0.05) is 12.8 Å². The van der Waals surface area contributed by atoms with Crippen LogP contribution in [-0.2, 0) is 14.3 Å². The number of aliphatic hydroxyl groups excluding tert-OH is 2. The van der Waals surface area contributed by atoms with Crippen molar-refractivity contribution in [3.05, 3.63) is 24.3 Å². The van der Waals surface area contributed by atoms with Gasteiger partial charge in [0.05, 0.1) is 25.4 Å². The summed E-state index contributed by atoms with van der Waals surface area (Å²) in [7, 11) is 0. The standard InChI is InChI=1S/C70H135NO5/c1-3-5-7-9-11-13-14-15-16-17-35-38-41-44-48-52-56-60-64-70(75)76-65-61-57-53-49-45-42-39-36-33-31-29-27-25-23-21-19-18-20-22-24-26-28-30-32-34-37-40-43-47-51-55-59-63-69(74)71-67(66-72)68(73)62-58-54-50-46-12-10-8-6-4-2/h21,23,58,62,67-68,72-73H,3-20,22,24-57,59-61,63-66H2,1-2H3,(H,71,74)/b23-21-,62-58+. The smallest absolute Gasteiger partial charge is 0.305 e. The Kier molecular flexibility index (Phi) is 64.4. The molecule has 0 aliphatic rings. The first-order valence-electron chi connectivity index (χ1n) is 34.6. The number of unbranched alkanes of at least 4 members (excludes halogenated alkanes) is 52. The van der Waals surface area contributed by atoms with Crippen LogP contribution in [0.4, 0.5) is 0 Å². The number of carbonyl (C=O) groups excluding carboxylic acids is 2. The van der Waals surface area contributed by atoms with E-state index in [1.165, 1.54) is 321 Å². The lowest BCUT2D eigenvalue weighted by Gasteiger charge is -2.20. The summed E-state index contributed by atoms with van der Waals surface area (Å²) >= 11 is 0. The molecule has 0 heterocycles. The summed E-state index contributed by atoms with van der Waals surface area (Å²) < 4.78 is 5.51. The van der Waals surface area contributed by atoms with E-state index in [-0.39, 0.29) is 18.5 Å². The van der Waals surface area contributed by atoms with Gasteiger partial charge in [0.15, 0.2) is 0 Å². The summed E-state index contributed by atoms with van der Waals surface area (Å²) in [6.45, 7) is 4.91. The van der Waals surface area contributed by atoms with Gasteiger partial charge in [0.25, 0.3) is 0 Å². The number of rotatable bonds is 65. The molecule has 0 aromatic rings. The van der Waals surface area contributed by atoms with Gasteiger partial charge in [0.1, 0.15) is 0 Å². The first-order chi connectivity index (χ1) is 37.5. The molecule has 0 saturated heterocycles. The van der Waals surface area contributed by atoms with Gasteiger partial charge < -0.3 is 20.3 Å². The molecule has 6 nitrogen and oxygen atoms in total. The van der Waals surface area contributed by atoms with Crippen molar-refractivity contribution in [2.24, 2.45) is 0 Å². The van der Waals surface area contributed by atoms with Crippen LogP contribution in [0.2, 0.25) is 0 Å². The van der Waals surface area contributed by atoms with Crippen molar-refractivity contribution in [1.82, 2.24) is 5.32 Å². The third-order valence-corrected chi connectivity index (χ3v) is 16.2. The molecular formula is C70H135NO5. The molecule has 3 N–H and O–H groups in total. The predicted molar refractivity (Wildman–Crippen MR) is 333 cm³/mol. The Morgan fingerprint density at radius 1 is 0.355 bits per heavy atom. The third-order valence-electron chi connectivity index (χ3n) is 16.2. The maximum Gasteiger partial charge on any atom is 0.305 e. The Bertz CT molecular complexity index is 1190. The fraction of sp³-hybridized carbons (Fsp3) is 0.914. The second-order valence-electron chi connectivity index (χ2n) is 23.9. The normalized spacial score (nSPS) is 12.6. The molecule has 0 bridgehead atoms. The maximum atomic E-state index is 12.4. The highest BCUT2D eigenvalue weighted by Crippen LogP contribution is 2.18. The molecule has 6 heteroatoms. The first-order valence-corrected chi connectivity index (χ1v) is 34.6. The lowest BCUT2D eigenvalue weighted by molar-refractivity contribution is -0.143. The zero-order valence-corrected chi connectivity index (χ0v) is 51.5. The molecule has 0 radical (unpaired) electrons. The summed E-state index contributed by atoms with van der Waals surface area (Å²) in [5, 5.41) is 23.0. The highest BCUT2D eigenvalue weighted by atomic mass is 16.5. The van der Waals surface area contributed by atoms with Gasteiger partial charge >= 0.3 is 5.97 Å². The van der Waals surface area contributed by atoms with Gasteiger partial charge in [0.2, 0.25) is 5.91 Å². The predicted octanol–water partition coefficient (Wildman–Crippen LogP) is 22.1. The molecule has 1 amide bonds. The minimum atomic E-state index is -0.840. The van der Waals surface area contributed by atoms with Crippen LogP contribution in [0.3, 0.4) is 0 Å². The average molecular weight is 1070 g/mol. The Hall–Kier alpha value is -1.66. The van der Waals surface area contributed by atoms with E-state index in [4.69, 9.17) is 4.74 Å². The quantitative estimate of drug-likeness (QED) is 0.0320. The fourth-order valence-electron chi connectivity index (χ4n) is 10.9. The van der Waals surface area contributed by atoms with Crippen molar-refractivity contribution in [2.75, 3.05) is 13.2 Å². The topological polar surface area (TPSA) is 95.9 Å². The highest BCUT2D eigenvalue weighted by molar-refractivity contribution is 5.76. The molecule has 2 unspecified atom stereocenters. The average Bonchev–Trinajstić information content (AvgIpc) is 3.42. The van der Waals surface area contributed by atoms with Crippen LogP contribution < -0.4 is 5.32 Å². The molecule has 0 rings (SSSR count). The van der Waals surface area contributed by atoms with Crippen molar-refractivity contribution in [3.8, 4) is 0 Å². The number of allylic oxidation sites excluding steroid dienone is 3. The molecule has 0 spiro atoms. The molecule has 450 valence electrons. The lowest BCUT2D eigenvalue weighted by Crippen LogP contribution is -2.45. The number of amides is 1. The van der Waals surface area contributed by atoms with Gasteiger partial charge in [-0.2, -0.15) is 0 Å². The minimum Gasteiger partial charge on any atom is -0.466 e. The Morgan fingerprint density at radius 3 is 0.934 bits per heavy atom. The van der Waals surface area contributed by atoms with E-state index < -0.39 is 12.1 Å². The van der Waals surface area contributed by atoms with Crippen LogP contribution in [-0.4, -0.2) is 47.4 Å². The number of carbonyl (C=O) groups is 2. The SMILES string of the molecule is CCCCCCCCC/C=C/C(O)C(CO)NC(=O)CCCCCCCCCCCCCCCCCC/C=C\CCCCCCCCCCCCCCOC(=O)CCCCCCCCCCCCCCCCCCCC. The first kappa shape index (κ1) is 74.3. The van der Waals surface area contributed by atoms with E-state index in [0.717, 1.165) is 38.5 Å². The summed E-state index contributed by atoms with van der Waals surface area (Å²) in [6.07, 6.45) is 82.8. The van der Waals surface area contributed by atoms with Crippen molar-refractivity contribution in [1.29, 1.82) is 0 Å². The zero-order valence-electron chi connectivity index (χ0n) is 51.5. The lowest BCUT2D eigenvalue weighted by atomic mass is 10.0. The largest absolute Gasteiger partial charge is 0.466 e. The van der Waals surface area contributed by atoms with Crippen molar-refractivity contribution < 1.29 is 24.5 Å². The number of aliphatic hydroxyl groups is 2. The van der Waals surface area contributed by atoms with E-state index in [0.29, 0.717) is 19.4 Å². The Balaban J connectivity index is 3.31. The van der Waals surface area contributed by atoms with Gasteiger partial charge in [-0.15, -0.1) is 0 Å². The molecule has 76 heavy (non-hydrogen) atoms. The molecule has 0 aliphatic carbocycles. The fourth-order valence-corrected chi connectivity index (χ4v) is 10.9. The van der Waals surface area contributed by atoms with Crippen LogP contribution in [0.5, 0.6) is 0 Å². The van der Waals surface area contributed by atoms with E-state index in [9.17, 15) is 19.8 Å². The van der Waals surface area contributed by atoms with Crippen molar-refractivity contribution in [2.45, 2.75) is 398 Å². The molecule has 2 atom stereocenters. The Labute approximate surface area is 475 Å². The number of hydrogen-bond donors (Lipinski definition) is 3. The number of esters is 1. The molecular weight excluding hydrogens is 935 g/mol. The summed E-state index contributed by atoms with van der Waals surface area (Å²) in [5.74, 6) is -0.0439. The minimum absolute atomic E-state index is 0.0228. The van der Waals surface area contributed by atoms with Crippen LogP contribution >= 0.6 is 0 Å². The van der Waals surface area contributed by atoms with Crippen LogP contribution in [0.1, 0.15) is 386 Å². The van der Waals surface area contributed by atoms with E-state index in [1.807, 2.05) is 6.08 Å². The van der Waals surface area contributed by atoms with E-state index in [1.54, 1.807) is 6.08 Å². The van der Waals surface area contributed by atoms with Crippen molar-refractivity contribution >= 4 is 11.9 Å². The van der Waals surface area contributed by atoms with Gasteiger partial charge in [-0.05, 0) is 57.8 Å². The van der Waals surface area contributed by atoms with Crippen LogP contribution in [0.25, 0.3) is 0 Å². The molecule has 0 aliphatic heterocycles. The second kappa shape index (κ2) is 65.9. The van der Waals surface area contributed by atoms with Crippen molar-refractivity contribution in [3.63, 3.8) is 0 Å². The molecule has 0 saturated carbocycles. The maximum absolute atomic E-state index is 12.4. The summed E-state index contributed by atoms with van der Waals surface area (Å²) in [4.78, 5) is 24.5. The van der Waals surface area contributed by atoms with Crippen LogP contribution in [0.15, 0.2) is 24.3 Å². The summed E-state index contributed by atoms with van der Waals surface area (Å²) in [5.41, 5.74) is 0. The number of nitrogens with one attached hydrogen (secondary N) is 1. The van der Waals surface area contributed by atoms with Gasteiger partial charge in [-0.1, -0.05) is 340 Å².